The van der Waals surface area contributed by atoms with Gasteiger partial charge in [-0.15, -0.1) is 0 Å². The number of amides is 1. The summed E-state index contributed by atoms with van der Waals surface area (Å²) in [5.41, 5.74) is 0.501. The van der Waals surface area contributed by atoms with Crippen molar-refractivity contribution in [3.8, 4) is 0 Å². The van der Waals surface area contributed by atoms with Gasteiger partial charge in [-0.2, -0.15) is 13.2 Å². The Morgan fingerprint density at radius 2 is 1.82 bits per heavy atom. The smallest absolute Gasteiger partial charge is 0.416 e. The Hall–Kier alpha value is -3.40. The molecule has 0 saturated heterocycles. The first kappa shape index (κ1) is 23.7. The average Bonchev–Trinajstić information content (AvgIpc) is 2.77. The van der Waals surface area contributed by atoms with Crippen LogP contribution >= 0.6 is 11.8 Å². The molecule has 4 rings (SSSR count). The van der Waals surface area contributed by atoms with Gasteiger partial charge in [0.15, 0.2) is 0 Å². The molecule has 0 saturated carbocycles. The molecular weight excluding hydrogens is 472 g/mol. The van der Waals surface area contributed by atoms with E-state index < -0.39 is 41.2 Å². The van der Waals surface area contributed by atoms with Gasteiger partial charge in [0.25, 0.3) is 0 Å². The van der Waals surface area contributed by atoms with Gasteiger partial charge in [0.2, 0.25) is 5.91 Å². The van der Waals surface area contributed by atoms with Crippen molar-refractivity contribution in [2.24, 2.45) is 0 Å². The number of aromatic nitrogens is 1. The molecule has 1 unspecified atom stereocenters. The van der Waals surface area contributed by atoms with Crippen LogP contribution in [0.3, 0.4) is 0 Å². The molecule has 1 atom stereocenters. The van der Waals surface area contributed by atoms with Crippen LogP contribution in [0.5, 0.6) is 0 Å². The van der Waals surface area contributed by atoms with Gasteiger partial charge < -0.3 is 10.0 Å². The minimum atomic E-state index is -4.79. The van der Waals surface area contributed by atoms with Gasteiger partial charge in [-0.3, -0.25) is 4.79 Å². The number of hydrogen-bond acceptors (Lipinski definition) is 4. The van der Waals surface area contributed by atoms with E-state index in [2.05, 4.69) is 4.98 Å². The summed E-state index contributed by atoms with van der Waals surface area (Å²) in [5, 5.41) is 8.88. The number of hydrogen-bond donors (Lipinski definition) is 1. The van der Waals surface area contributed by atoms with Crippen LogP contribution in [0.4, 0.5) is 23.2 Å². The number of pyridine rings is 1. The van der Waals surface area contributed by atoms with Gasteiger partial charge in [-0.05, 0) is 60.9 Å². The summed E-state index contributed by atoms with van der Waals surface area (Å²) >= 11 is 1.21. The molecule has 0 aliphatic carbocycles. The highest BCUT2D eigenvalue weighted by molar-refractivity contribution is 8.00. The van der Waals surface area contributed by atoms with Crippen molar-refractivity contribution in [1.29, 1.82) is 0 Å². The summed E-state index contributed by atoms with van der Waals surface area (Å²) in [5.74, 6) is -2.51. The second-order valence-corrected chi connectivity index (χ2v) is 9.00. The van der Waals surface area contributed by atoms with Crippen LogP contribution in [-0.4, -0.2) is 27.2 Å². The van der Waals surface area contributed by atoms with E-state index in [0.717, 1.165) is 12.1 Å². The third kappa shape index (κ3) is 4.91. The first-order valence-electron chi connectivity index (χ1n) is 10.2. The maximum atomic E-state index is 13.6. The number of benzene rings is 2. The number of halogens is 4. The first-order valence-corrected chi connectivity index (χ1v) is 11.0. The van der Waals surface area contributed by atoms with Crippen molar-refractivity contribution >= 4 is 29.3 Å². The largest absolute Gasteiger partial charge is 0.478 e. The van der Waals surface area contributed by atoms with Crippen LogP contribution in [0.2, 0.25) is 0 Å². The van der Waals surface area contributed by atoms with Gasteiger partial charge in [-0.1, -0.05) is 30.0 Å². The number of carbonyl (C=O) groups is 2. The average molecular weight is 490 g/mol. The Bertz CT molecular complexity index is 1260. The predicted octanol–water partition coefficient (Wildman–Crippen LogP) is 5.50. The SMILES string of the molecule is Cc1ccc2c(n1)SC(Cc1ccc(C(=O)O)cc1)C(=O)N2Cc1ccc(F)cc1C(F)(F)F. The monoisotopic (exact) mass is 490 g/mol. The molecule has 0 spiro atoms. The summed E-state index contributed by atoms with van der Waals surface area (Å²) in [7, 11) is 0. The summed E-state index contributed by atoms with van der Waals surface area (Å²) in [6.45, 7) is 1.36. The molecule has 1 aliphatic heterocycles. The van der Waals surface area contributed by atoms with Crippen LogP contribution in [-0.2, 0) is 23.9 Å². The molecule has 3 aromatic rings. The second kappa shape index (κ2) is 9.09. The van der Waals surface area contributed by atoms with Crippen molar-refractivity contribution < 1.29 is 32.3 Å². The van der Waals surface area contributed by atoms with Crippen LogP contribution in [0, 0.1) is 12.7 Å². The zero-order chi connectivity index (χ0) is 24.6. The number of carboxylic acids is 1. The molecule has 0 radical (unpaired) electrons. The fraction of sp³-hybridized carbons (Fsp3) is 0.208. The normalized spacial score (nSPS) is 15.9. The molecule has 1 aromatic heterocycles. The number of carboxylic acid groups (broad SMARTS) is 1. The lowest BCUT2D eigenvalue weighted by Gasteiger charge is -2.34. The van der Waals surface area contributed by atoms with Gasteiger partial charge in [0, 0.05) is 5.69 Å². The van der Waals surface area contributed by atoms with Gasteiger partial charge in [0.05, 0.1) is 28.6 Å². The van der Waals surface area contributed by atoms with E-state index in [1.54, 1.807) is 31.2 Å². The molecule has 0 bridgehead atoms. The topological polar surface area (TPSA) is 70.5 Å². The minimum absolute atomic E-state index is 0.103. The van der Waals surface area contributed by atoms with E-state index in [-0.39, 0.29) is 17.5 Å². The van der Waals surface area contributed by atoms with E-state index >= 15 is 0 Å². The molecule has 1 amide bonds. The summed E-state index contributed by atoms with van der Waals surface area (Å²) in [6.07, 6.45) is -4.56. The maximum absolute atomic E-state index is 13.6. The number of nitrogens with zero attached hydrogens (tertiary/aromatic N) is 2. The lowest BCUT2D eigenvalue weighted by Crippen LogP contribution is -2.42. The highest BCUT2D eigenvalue weighted by atomic mass is 32.2. The van der Waals surface area contributed by atoms with E-state index in [1.807, 2.05) is 0 Å². The Kier molecular flexibility index (Phi) is 6.35. The van der Waals surface area contributed by atoms with Crippen LogP contribution in [0.25, 0.3) is 0 Å². The number of carbonyl (C=O) groups excluding carboxylic acids is 1. The molecule has 5 nitrogen and oxygen atoms in total. The standard InChI is InChI=1S/C24H18F4N2O3S/c1-13-2-9-19-21(29-13)34-20(10-14-3-5-15(6-4-14)23(32)33)22(31)30(19)12-16-7-8-17(25)11-18(16)24(26,27)28/h2-9,11,20H,10,12H2,1H3,(H,32,33). The molecular formula is C24H18F4N2O3S. The van der Waals surface area contributed by atoms with Gasteiger partial charge in [0.1, 0.15) is 10.8 Å². The Labute approximate surface area is 196 Å². The van der Waals surface area contributed by atoms with E-state index in [0.29, 0.717) is 28.0 Å². The zero-order valence-corrected chi connectivity index (χ0v) is 18.6. The number of anilines is 1. The Morgan fingerprint density at radius 1 is 1.12 bits per heavy atom. The lowest BCUT2D eigenvalue weighted by molar-refractivity contribution is -0.138. The number of thioether (sulfide) groups is 1. The highest BCUT2D eigenvalue weighted by Crippen LogP contribution is 2.41. The number of fused-ring (bicyclic) bond motifs is 1. The lowest BCUT2D eigenvalue weighted by atomic mass is 10.0. The fourth-order valence-corrected chi connectivity index (χ4v) is 4.97. The van der Waals surface area contributed by atoms with E-state index in [9.17, 15) is 27.2 Å². The number of alkyl halides is 3. The van der Waals surface area contributed by atoms with Gasteiger partial charge >= 0.3 is 12.1 Å². The molecule has 2 heterocycles. The maximum Gasteiger partial charge on any atom is 0.416 e. The second-order valence-electron chi connectivity index (χ2n) is 7.81. The first-order chi connectivity index (χ1) is 16.0. The van der Waals surface area contributed by atoms with Crippen molar-refractivity contribution in [2.75, 3.05) is 4.90 Å². The van der Waals surface area contributed by atoms with E-state index in [4.69, 9.17) is 5.11 Å². The number of rotatable bonds is 5. The van der Waals surface area contributed by atoms with E-state index in [1.165, 1.54) is 28.8 Å². The Balaban J connectivity index is 1.69. The minimum Gasteiger partial charge on any atom is -0.478 e. The molecule has 1 aliphatic rings. The van der Waals surface area contributed by atoms with Crippen molar-refractivity contribution in [3.63, 3.8) is 0 Å². The summed E-state index contributed by atoms with van der Waals surface area (Å²) < 4.78 is 54.2. The van der Waals surface area contributed by atoms with Crippen LogP contribution in [0.15, 0.2) is 59.6 Å². The number of aryl methyl sites for hydroxylation is 1. The molecule has 10 heteroatoms. The quantitative estimate of drug-likeness (QED) is 0.479. The molecule has 2 aromatic carbocycles. The van der Waals surface area contributed by atoms with Crippen LogP contribution < -0.4 is 4.90 Å². The highest BCUT2D eigenvalue weighted by Gasteiger charge is 2.38. The molecule has 34 heavy (non-hydrogen) atoms. The summed E-state index contributed by atoms with van der Waals surface area (Å²) in [4.78, 5) is 30.2. The fourth-order valence-electron chi connectivity index (χ4n) is 3.71. The molecule has 176 valence electrons. The predicted molar refractivity (Wildman–Crippen MR) is 118 cm³/mol. The zero-order valence-electron chi connectivity index (χ0n) is 17.8. The van der Waals surface area contributed by atoms with Crippen molar-refractivity contribution in [2.45, 2.75) is 36.3 Å². The third-order valence-corrected chi connectivity index (χ3v) is 6.57. The van der Waals surface area contributed by atoms with Crippen molar-refractivity contribution in [1.82, 2.24) is 4.98 Å². The molecule has 0 fully saturated rings. The Morgan fingerprint density at radius 3 is 2.47 bits per heavy atom. The van der Waals surface area contributed by atoms with Crippen LogP contribution in [0.1, 0.15) is 32.7 Å². The summed E-state index contributed by atoms with van der Waals surface area (Å²) in [6, 6.07) is 11.8. The molecule has 1 N–H and O–H groups in total. The third-order valence-electron chi connectivity index (χ3n) is 5.39. The van der Waals surface area contributed by atoms with Crippen molar-refractivity contribution in [3.05, 3.63) is 88.4 Å². The van der Waals surface area contributed by atoms with Gasteiger partial charge in [-0.25, -0.2) is 14.2 Å². The number of aromatic carboxylic acids is 1.